The summed E-state index contributed by atoms with van der Waals surface area (Å²) in [5.41, 5.74) is 1.29. The molecular weight excluding hydrogens is 392 g/mol. The zero-order valence-electron chi connectivity index (χ0n) is 15.9. The van der Waals surface area contributed by atoms with Gasteiger partial charge >= 0.3 is 5.76 Å². The van der Waals surface area contributed by atoms with E-state index in [9.17, 15) is 14.4 Å². The van der Waals surface area contributed by atoms with Crippen molar-refractivity contribution >= 4 is 39.4 Å². The number of amides is 2. The number of para-hydroxylation sites is 2. The number of anilines is 1. The van der Waals surface area contributed by atoms with Gasteiger partial charge in [0.1, 0.15) is 0 Å². The van der Waals surface area contributed by atoms with Gasteiger partial charge in [0.2, 0.25) is 11.8 Å². The van der Waals surface area contributed by atoms with E-state index in [4.69, 9.17) is 4.42 Å². The number of fused-ring (bicyclic) bond motifs is 1. The molecule has 3 aromatic rings. The van der Waals surface area contributed by atoms with Gasteiger partial charge < -0.3 is 14.6 Å². The molecule has 0 aliphatic carbocycles. The van der Waals surface area contributed by atoms with Gasteiger partial charge in [-0.1, -0.05) is 12.1 Å². The van der Waals surface area contributed by atoms with Crippen molar-refractivity contribution in [2.45, 2.75) is 32.2 Å². The number of benzene rings is 1. The van der Waals surface area contributed by atoms with Crippen LogP contribution >= 0.6 is 11.3 Å². The number of nitrogens with one attached hydrogen (secondary N) is 1. The molecule has 3 heterocycles. The first kappa shape index (κ1) is 19.4. The normalized spacial score (nSPS) is 16.8. The maximum atomic E-state index is 12.6. The highest BCUT2D eigenvalue weighted by Gasteiger charge is 2.28. The zero-order valence-corrected chi connectivity index (χ0v) is 16.7. The lowest BCUT2D eigenvalue weighted by Gasteiger charge is -2.32. The third kappa shape index (κ3) is 4.40. The number of likely N-dealkylation sites (tertiary alicyclic amines) is 1. The summed E-state index contributed by atoms with van der Waals surface area (Å²) in [7, 11) is 0. The maximum absolute atomic E-state index is 12.6. The number of aryl methyl sites for hydroxylation is 1. The highest BCUT2D eigenvalue weighted by molar-refractivity contribution is 7.13. The van der Waals surface area contributed by atoms with Crippen LogP contribution in [-0.2, 0) is 16.1 Å². The Morgan fingerprint density at radius 1 is 1.31 bits per heavy atom. The topological polar surface area (TPSA) is 97.4 Å². The van der Waals surface area contributed by atoms with Gasteiger partial charge in [-0.3, -0.25) is 14.2 Å². The van der Waals surface area contributed by atoms with Crippen molar-refractivity contribution in [3.05, 3.63) is 46.4 Å². The highest BCUT2D eigenvalue weighted by atomic mass is 32.1. The Balaban J connectivity index is 1.30. The molecule has 0 saturated carbocycles. The van der Waals surface area contributed by atoms with Crippen LogP contribution in [0.5, 0.6) is 0 Å². The summed E-state index contributed by atoms with van der Waals surface area (Å²) in [6.07, 6.45) is 4.07. The van der Waals surface area contributed by atoms with Crippen LogP contribution in [0.2, 0.25) is 0 Å². The molecule has 2 amide bonds. The van der Waals surface area contributed by atoms with Crippen molar-refractivity contribution in [2.24, 2.45) is 5.92 Å². The van der Waals surface area contributed by atoms with E-state index in [1.165, 1.54) is 11.3 Å². The van der Waals surface area contributed by atoms with Gasteiger partial charge in [0.15, 0.2) is 10.7 Å². The summed E-state index contributed by atoms with van der Waals surface area (Å²) >= 11 is 1.37. The Kier molecular flexibility index (Phi) is 5.75. The van der Waals surface area contributed by atoms with E-state index < -0.39 is 5.76 Å². The maximum Gasteiger partial charge on any atom is 0.419 e. The summed E-state index contributed by atoms with van der Waals surface area (Å²) < 4.78 is 6.78. The monoisotopic (exact) mass is 414 g/mol. The van der Waals surface area contributed by atoms with Crippen LogP contribution < -0.4 is 11.1 Å². The second-order valence-electron chi connectivity index (χ2n) is 7.10. The molecule has 0 bridgehead atoms. The van der Waals surface area contributed by atoms with Crippen LogP contribution in [0.3, 0.4) is 0 Å². The van der Waals surface area contributed by atoms with E-state index in [1.54, 1.807) is 27.1 Å². The van der Waals surface area contributed by atoms with Crippen molar-refractivity contribution in [1.29, 1.82) is 0 Å². The number of oxazole rings is 1. The summed E-state index contributed by atoms with van der Waals surface area (Å²) in [5, 5.41) is 5.20. The van der Waals surface area contributed by atoms with Gasteiger partial charge in [0.05, 0.1) is 11.4 Å². The molecule has 1 unspecified atom stereocenters. The zero-order chi connectivity index (χ0) is 20.2. The number of rotatable bonds is 6. The summed E-state index contributed by atoms with van der Waals surface area (Å²) in [4.78, 5) is 42.9. The van der Waals surface area contributed by atoms with Gasteiger partial charge in [0, 0.05) is 37.6 Å². The van der Waals surface area contributed by atoms with Crippen molar-refractivity contribution in [1.82, 2.24) is 14.5 Å². The van der Waals surface area contributed by atoms with Crippen LogP contribution in [0.25, 0.3) is 11.1 Å². The van der Waals surface area contributed by atoms with Crippen molar-refractivity contribution in [3.63, 3.8) is 0 Å². The molecule has 0 spiro atoms. The molecule has 4 rings (SSSR count). The smallest absolute Gasteiger partial charge is 0.408 e. The Hall–Kier alpha value is -2.94. The lowest BCUT2D eigenvalue weighted by Crippen LogP contribution is -2.43. The highest BCUT2D eigenvalue weighted by Crippen LogP contribution is 2.21. The Morgan fingerprint density at radius 2 is 2.17 bits per heavy atom. The van der Waals surface area contributed by atoms with Gasteiger partial charge in [-0.15, -0.1) is 11.3 Å². The lowest BCUT2D eigenvalue weighted by atomic mass is 9.97. The fourth-order valence-corrected chi connectivity index (χ4v) is 4.21. The molecule has 8 nitrogen and oxygen atoms in total. The number of aromatic nitrogens is 2. The first-order valence-electron chi connectivity index (χ1n) is 9.68. The Bertz CT molecular complexity index is 1060. The fourth-order valence-electron chi connectivity index (χ4n) is 3.68. The van der Waals surface area contributed by atoms with Crippen molar-refractivity contribution in [3.8, 4) is 0 Å². The third-order valence-corrected chi connectivity index (χ3v) is 5.84. The Morgan fingerprint density at radius 3 is 3.00 bits per heavy atom. The van der Waals surface area contributed by atoms with E-state index in [1.807, 2.05) is 18.2 Å². The molecule has 1 atom stereocenters. The summed E-state index contributed by atoms with van der Waals surface area (Å²) in [5.74, 6) is -0.709. The number of nitrogens with zero attached hydrogens (tertiary/aromatic N) is 3. The molecule has 1 fully saturated rings. The minimum atomic E-state index is -0.407. The van der Waals surface area contributed by atoms with E-state index in [-0.39, 0.29) is 17.7 Å². The predicted molar refractivity (Wildman–Crippen MR) is 110 cm³/mol. The Labute approximate surface area is 171 Å². The summed E-state index contributed by atoms with van der Waals surface area (Å²) in [6.45, 7) is 1.50. The fraction of sp³-hybridized carbons (Fsp3) is 0.400. The second kappa shape index (κ2) is 8.60. The summed E-state index contributed by atoms with van der Waals surface area (Å²) in [6, 6.07) is 7.25. The molecule has 1 aliphatic heterocycles. The second-order valence-corrected chi connectivity index (χ2v) is 7.99. The standard InChI is InChI=1S/C20H22N4O4S/c25-17(8-4-11-24-15-6-1-2-7-16(15)28-20(24)27)23-10-3-5-14(13-23)18(26)22-19-21-9-12-29-19/h1-2,6-7,9,12,14H,3-5,8,10-11,13H2,(H,21,22,26). The van der Waals surface area contributed by atoms with Crippen LogP contribution in [0.15, 0.2) is 45.1 Å². The number of thiazole rings is 1. The van der Waals surface area contributed by atoms with Crippen LogP contribution in [0.4, 0.5) is 5.13 Å². The van der Waals surface area contributed by atoms with Crippen LogP contribution in [0, 0.1) is 5.92 Å². The number of hydrogen-bond acceptors (Lipinski definition) is 6. The van der Waals surface area contributed by atoms with E-state index in [2.05, 4.69) is 10.3 Å². The molecule has 1 aliphatic rings. The van der Waals surface area contributed by atoms with Gasteiger partial charge in [-0.05, 0) is 31.4 Å². The molecule has 29 heavy (non-hydrogen) atoms. The molecule has 0 radical (unpaired) electrons. The predicted octanol–water partition coefficient (Wildman–Crippen LogP) is 2.71. The molecule has 1 N–H and O–H groups in total. The third-order valence-electron chi connectivity index (χ3n) is 5.15. The SMILES string of the molecule is O=C(Nc1nccs1)C1CCCN(C(=O)CCCn2c(=O)oc3ccccc32)C1. The van der Waals surface area contributed by atoms with E-state index in [0.29, 0.717) is 43.2 Å². The van der Waals surface area contributed by atoms with E-state index in [0.717, 1.165) is 18.4 Å². The number of carbonyl (C=O) groups is 2. The minimum Gasteiger partial charge on any atom is -0.408 e. The van der Waals surface area contributed by atoms with E-state index >= 15 is 0 Å². The van der Waals surface area contributed by atoms with Crippen molar-refractivity contribution in [2.75, 3.05) is 18.4 Å². The minimum absolute atomic E-state index is 0.0117. The number of carbonyl (C=O) groups excluding carboxylic acids is 2. The molecule has 2 aromatic heterocycles. The average molecular weight is 414 g/mol. The first-order valence-corrected chi connectivity index (χ1v) is 10.6. The van der Waals surface area contributed by atoms with Crippen LogP contribution in [-0.4, -0.2) is 39.4 Å². The molecule has 1 aromatic carbocycles. The van der Waals surface area contributed by atoms with Gasteiger partial charge in [0.25, 0.3) is 0 Å². The molecule has 152 valence electrons. The quantitative estimate of drug-likeness (QED) is 0.669. The largest absolute Gasteiger partial charge is 0.419 e. The van der Waals surface area contributed by atoms with Gasteiger partial charge in [-0.25, -0.2) is 9.78 Å². The number of piperidine rings is 1. The molecule has 1 saturated heterocycles. The van der Waals surface area contributed by atoms with Crippen LogP contribution in [0.1, 0.15) is 25.7 Å². The first-order chi connectivity index (χ1) is 14.1. The average Bonchev–Trinajstić information content (AvgIpc) is 3.35. The molecule has 9 heteroatoms. The van der Waals surface area contributed by atoms with Crippen molar-refractivity contribution < 1.29 is 14.0 Å². The van der Waals surface area contributed by atoms with Gasteiger partial charge in [-0.2, -0.15) is 0 Å². The number of hydrogen-bond donors (Lipinski definition) is 1. The molecular formula is C20H22N4O4S. The lowest BCUT2D eigenvalue weighted by molar-refractivity contribution is -0.134.